The lowest BCUT2D eigenvalue weighted by molar-refractivity contribution is -0.113. The first-order valence-corrected chi connectivity index (χ1v) is 7.86. The Balaban J connectivity index is 1.85. The van der Waals surface area contributed by atoms with Crippen LogP contribution in [0.4, 0.5) is 18.9 Å². The van der Waals surface area contributed by atoms with E-state index in [2.05, 4.69) is 10.1 Å². The summed E-state index contributed by atoms with van der Waals surface area (Å²) in [6, 6.07) is 12.1. The van der Waals surface area contributed by atoms with Gasteiger partial charge in [0.25, 0.3) is 0 Å². The van der Waals surface area contributed by atoms with Gasteiger partial charge in [-0.05, 0) is 29.8 Å². The average Bonchev–Trinajstić information content (AvgIpc) is 2.49. The van der Waals surface area contributed by atoms with Crippen LogP contribution >= 0.6 is 11.8 Å². The molecule has 122 valence electrons. The van der Waals surface area contributed by atoms with E-state index in [4.69, 9.17) is 0 Å². The summed E-state index contributed by atoms with van der Waals surface area (Å²) >= 11 is 1.29. The van der Waals surface area contributed by atoms with E-state index in [1.807, 2.05) is 0 Å². The Hall–Kier alpha value is -2.15. The number of hydrogen-bond donors (Lipinski definition) is 1. The van der Waals surface area contributed by atoms with Crippen LogP contribution in [0.1, 0.15) is 5.56 Å². The third-order valence-corrected chi connectivity index (χ3v) is 3.77. The minimum Gasteiger partial charge on any atom is -0.433 e. The molecule has 0 aliphatic heterocycles. The van der Waals surface area contributed by atoms with Crippen LogP contribution in [0, 0.1) is 5.82 Å². The highest BCUT2D eigenvalue weighted by Crippen LogP contribution is 2.25. The molecule has 1 N–H and O–H groups in total. The number of thioether (sulfide) groups is 1. The van der Waals surface area contributed by atoms with Crippen LogP contribution in [0.25, 0.3) is 0 Å². The maximum Gasteiger partial charge on any atom is 0.387 e. The summed E-state index contributed by atoms with van der Waals surface area (Å²) in [4.78, 5) is 11.9. The maximum absolute atomic E-state index is 13.0. The zero-order chi connectivity index (χ0) is 16.7. The second kappa shape index (κ2) is 8.47. The highest BCUT2D eigenvalue weighted by Gasteiger charge is 2.11. The van der Waals surface area contributed by atoms with Gasteiger partial charge in [0.05, 0.1) is 11.4 Å². The van der Waals surface area contributed by atoms with Gasteiger partial charge < -0.3 is 10.1 Å². The van der Waals surface area contributed by atoms with Gasteiger partial charge in [0.2, 0.25) is 5.91 Å². The number of anilines is 1. The van der Waals surface area contributed by atoms with Gasteiger partial charge in [-0.3, -0.25) is 4.79 Å². The number of amides is 1. The van der Waals surface area contributed by atoms with Crippen molar-refractivity contribution < 1.29 is 22.7 Å². The molecule has 0 aliphatic rings. The fraction of sp³-hybridized carbons (Fsp3) is 0.188. The van der Waals surface area contributed by atoms with E-state index >= 15 is 0 Å². The minimum atomic E-state index is -2.96. The van der Waals surface area contributed by atoms with Crippen molar-refractivity contribution in [2.24, 2.45) is 0 Å². The second-order valence-electron chi connectivity index (χ2n) is 4.55. The molecular weight excluding hydrogens is 327 g/mol. The number of carbonyl (C=O) groups is 1. The standard InChI is InChI=1S/C16H14F3NO2S/c17-12-5-3-4-11(8-12)9-23-10-15(21)20-13-6-1-2-7-14(13)22-16(18)19/h1-8,16H,9-10H2,(H,20,21). The van der Waals surface area contributed by atoms with E-state index in [0.717, 1.165) is 5.56 Å². The van der Waals surface area contributed by atoms with Crippen LogP contribution < -0.4 is 10.1 Å². The predicted octanol–water partition coefficient (Wildman–Crippen LogP) is 4.30. The van der Waals surface area contributed by atoms with Crippen LogP contribution in [0.2, 0.25) is 0 Å². The summed E-state index contributed by atoms with van der Waals surface area (Å²) in [7, 11) is 0. The topological polar surface area (TPSA) is 38.3 Å². The lowest BCUT2D eigenvalue weighted by Crippen LogP contribution is -2.15. The van der Waals surface area contributed by atoms with Gasteiger partial charge in [0.1, 0.15) is 11.6 Å². The molecule has 3 nitrogen and oxygen atoms in total. The molecule has 0 unspecified atom stereocenters. The molecule has 23 heavy (non-hydrogen) atoms. The Morgan fingerprint density at radius 2 is 1.96 bits per heavy atom. The van der Waals surface area contributed by atoms with Gasteiger partial charge in [-0.1, -0.05) is 24.3 Å². The first kappa shape index (κ1) is 17.2. The zero-order valence-corrected chi connectivity index (χ0v) is 12.8. The van der Waals surface area contributed by atoms with Gasteiger partial charge in [-0.2, -0.15) is 8.78 Å². The fourth-order valence-corrected chi connectivity index (χ4v) is 2.62. The average molecular weight is 341 g/mol. The molecule has 0 spiro atoms. The molecular formula is C16H14F3NO2S. The van der Waals surface area contributed by atoms with Crippen LogP contribution in [-0.2, 0) is 10.5 Å². The normalized spacial score (nSPS) is 10.6. The van der Waals surface area contributed by atoms with E-state index < -0.39 is 6.61 Å². The van der Waals surface area contributed by atoms with Crippen molar-refractivity contribution in [3.8, 4) is 5.75 Å². The summed E-state index contributed by atoms with van der Waals surface area (Å²) in [6.45, 7) is -2.96. The fourth-order valence-electron chi connectivity index (χ4n) is 1.84. The van der Waals surface area contributed by atoms with Crippen molar-refractivity contribution in [1.82, 2.24) is 0 Å². The Morgan fingerprint density at radius 3 is 2.70 bits per heavy atom. The number of alkyl halides is 2. The minimum absolute atomic E-state index is 0.0917. The number of rotatable bonds is 7. The molecule has 0 radical (unpaired) electrons. The first-order chi connectivity index (χ1) is 11.0. The van der Waals surface area contributed by atoms with Gasteiger partial charge in [0, 0.05) is 5.75 Å². The number of para-hydroxylation sites is 2. The maximum atomic E-state index is 13.0. The Morgan fingerprint density at radius 1 is 1.17 bits per heavy atom. The molecule has 2 rings (SSSR count). The summed E-state index contributed by atoms with van der Waals surface area (Å²) < 4.78 is 41.9. The number of benzene rings is 2. The molecule has 0 saturated heterocycles. The summed E-state index contributed by atoms with van der Waals surface area (Å²) in [5, 5.41) is 2.52. The Bertz CT molecular complexity index is 667. The van der Waals surface area contributed by atoms with Crippen molar-refractivity contribution in [3.63, 3.8) is 0 Å². The molecule has 0 fully saturated rings. The monoisotopic (exact) mass is 341 g/mol. The molecule has 0 aliphatic carbocycles. The molecule has 1 amide bonds. The lowest BCUT2D eigenvalue weighted by atomic mass is 10.2. The lowest BCUT2D eigenvalue weighted by Gasteiger charge is -2.11. The largest absolute Gasteiger partial charge is 0.433 e. The van der Waals surface area contributed by atoms with Gasteiger partial charge in [0.15, 0.2) is 0 Å². The Kier molecular flexibility index (Phi) is 6.34. The van der Waals surface area contributed by atoms with Crippen LogP contribution in [0.15, 0.2) is 48.5 Å². The number of halogens is 3. The summed E-state index contributed by atoms with van der Waals surface area (Å²) in [5.74, 6) is -0.187. The molecule has 7 heteroatoms. The third kappa shape index (κ3) is 5.86. The Labute approximate surface area is 135 Å². The van der Waals surface area contributed by atoms with Crippen molar-refractivity contribution in [1.29, 1.82) is 0 Å². The molecule has 0 heterocycles. The number of nitrogens with one attached hydrogen (secondary N) is 1. The second-order valence-corrected chi connectivity index (χ2v) is 5.53. The quantitative estimate of drug-likeness (QED) is 0.816. The third-order valence-electron chi connectivity index (χ3n) is 2.77. The number of carbonyl (C=O) groups excluding carboxylic acids is 1. The van der Waals surface area contributed by atoms with E-state index in [1.165, 1.54) is 42.1 Å². The summed E-state index contributed by atoms with van der Waals surface area (Å²) in [6.07, 6.45) is 0. The van der Waals surface area contributed by atoms with E-state index in [0.29, 0.717) is 5.75 Å². The number of hydrogen-bond acceptors (Lipinski definition) is 3. The van der Waals surface area contributed by atoms with Crippen LogP contribution in [0.3, 0.4) is 0 Å². The SMILES string of the molecule is O=C(CSCc1cccc(F)c1)Nc1ccccc1OC(F)F. The van der Waals surface area contributed by atoms with Gasteiger partial charge in [-0.25, -0.2) is 4.39 Å². The smallest absolute Gasteiger partial charge is 0.387 e. The summed E-state index contributed by atoms with van der Waals surface area (Å²) in [5.41, 5.74) is 0.952. The number of ether oxygens (including phenoxy) is 1. The highest BCUT2D eigenvalue weighted by molar-refractivity contribution is 7.99. The molecule has 2 aromatic rings. The molecule has 0 bridgehead atoms. The molecule has 2 aromatic carbocycles. The predicted molar refractivity (Wildman–Crippen MR) is 84.3 cm³/mol. The molecule has 0 saturated carbocycles. The van der Waals surface area contributed by atoms with Crippen LogP contribution in [0.5, 0.6) is 5.75 Å². The highest BCUT2D eigenvalue weighted by atomic mass is 32.2. The van der Waals surface area contributed by atoms with E-state index in [-0.39, 0.29) is 28.9 Å². The molecule has 0 atom stereocenters. The van der Waals surface area contributed by atoms with E-state index in [9.17, 15) is 18.0 Å². The van der Waals surface area contributed by atoms with Crippen molar-refractivity contribution in [2.75, 3.05) is 11.1 Å². The first-order valence-electron chi connectivity index (χ1n) is 6.70. The van der Waals surface area contributed by atoms with Crippen molar-refractivity contribution in [3.05, 3.63) is 59.9 Å². The zero-order valence-electron chi connectivity index (χ0n) is 12.0. The molecule has 0 aromatic heterocycles. The van der Waals surface area contributed by atoms with E-state index in [1.54, 1.807) is 18.2 Å². The van der Waals surface area contributed by atoms with Crippen molar-refractivity contribution >= 4 is 23.4 Å². The van der Waals surface area contributed by atoms with Gasteiger partial charge in [-0.15, -0.1) is 11.8 Å². The van der Waals surface area contributed by atoms with Gasteiger partial charge >= 0.3 is 6.61 Å². The van der Waals surface area contributed by atoms with Crippen LogP contribution in [-0.4, -0.2) is 18.3 Å². The van der Waals surface area contributed by atoms with Crippen molar-refractivity contribution in [2.45, 2.75) is 12.4 Å².